The fraction of sp³-hybridized carbons (Fsp3) is 0.200. The number of anilines is 2. The number of nitrogen functional groups attached to an aromatic ring is 1. The van der Waals surface area contributed by atoms with E-state index in [1.807, 2.05) is 0 Å². The zero-order valence-corrected chi connectivity index (χ0v) is 13.9. The summed E-state index contributed by atoms with van der Waals surface area (Å²) in [4.78, 5) is 31.3. The molecule has 138 valence electrons. The van der Waals surface area contributed by atoms with Gasteiger partial charge in [0.25, 0.3) is 5.91 Å². The van der Waals surface area contributed by atoms with Crippen LogP contribution in [0.15, 0.2) is 30.6 Å². The molecule has 1 unspecified atom stereocenters. The fourth-order valence-corrected chi connectivity index (χ4v) is 2.06. The van der Waals surface area contributed by atoms with Gasteiger partial charge in [0.15, 0.2) is 17.6 Å². The van der Waals surface area contributed by atoms with E-state index in [1.165, 1.54) is 25.4 Å². The number of benzene rings is 1. The normalized spacial score (nSPS) is 12.3. The Kier molecular flexibility index (Phi) is 5.66. The van der Waals surface area contributed by atoms with Crippen molar-refractivity contribution in [2.45, 2.75) is 19.2 Å². The van der Waals surface area contributed by atoms with Crippen LogP contribution in [0.4, 0.5) is 24.7 Å². The van der Waals surface area contributed by atoms with Gasteiger partial charge in [-0.1, -0.05) is 11.6 Å². The summed E-state index contributed by atoms with van der Waals surface area (Å²) in [6, 6.07) is 2.86. The summed E-state index contributed by atoms with van der Waals surface area (Å²) >= 11 is 5.50. The van der Waals surface area contributed by atoms with E-state index in [0.717, 1.165) is 6.07 Å². The maximum atomic E-state index is 12.8. The molecule has 0 bridgehead atoms. The number of nitrogens with one attached hydrogen (secondary N) is 1. The lowest BCUT2D eigenvalue weighted by molar-refractivity contribution is -0.137. The molecule has 1 amide bonds. The first-order valence-corrected chi connectivity index (χ1v) is 7.42. The Morgan fingerprint density at radius 3 is 2.54 bits per heavy atom. The van der Waals surface area contributed by atoms with E-state index in [9.17, 15) is 22.8 Å². The van der Waals surface area contributed by atoms with E-state index in [4.69, 9.17) is 22.1 Å². The number of ether oxygens (including phenoxy) is 1. The molecule has 2 aromatic rings. The summed E-state index contributed by atoms with van der Waals surface area (Å²) in [6.07, 6.45) is -3.53. The van der Waals surface area contributed by atoms with E-state index in [2.05, 4.69) is 15.3 Å². The van der Waals surface area contributed by atoms with Crippen LogP contribution in [0.3, 0.4) is 0 Å². The quantitative estimate of drug-likeness (QED) is 0.780. The van der Waals surface area contributed by atoms with Crippen molar-refractivity contribution >= 4 is 35.0 Å². The summed E-state index contributed by atoms with van der Waals surface area (Å²) in [5.74, 6) is -2.03. The summed E-state index contributed by atoms with van der Waals surface area (Å²) in [7, 11) is 0. The van der Waals surface area contributed by atoms with Gasteiger partial charge in [0, 0.05) is 18.1 Å². The number of carbonyl (C=O) groups is 2. The molecule has 1 atom stereocenters. The molecule has 2 rings (SSSR count). The highest BCUT2D eigenvalue weighted by Gasteiger charge is 2.33. The molecule has 1 aromatic carbocycles. The second-order valence-corrected chi connectivity index (χ2v) is 5.43. The standard InChI is InChI=1S/C15H12ClF3N4O3/c1-7(26-14(25)11-12(20)22-5-4-21-11)13(24)23-8-2-3-10(16)9(6-8)15(17,18)19/h2-7H,1H3,(H2,20,22)(H,23,24). The highest BCUT2D eigenvalue weighted by Crippen LogP contribution is 2.36. The molecule has 0 radical (unpaired) electrons. The van der Waals surface area contributed by atoms with Crippen LogP contribution in [0.1, 0.15) is 23.0 Å². The Balaban J connectivity index is 2.08. The first-order valence-electron chi connectivity index (χ1n) is 7.04. The van der Waals surface area contributed by atoms with Crippen LogP contribution in [0.2, 0.25) is 5.02 Å². The van der Waals surface area contributed by atoms with Gasteiger partial charge >= 0.3 is 12.1 Å². The van der Waals surface area contributed by atoms with Gasteiger partial charge in [0.05, 0.1) is 10.6 Å². The SMILES string of the molecule is CC(OC(=O)c1nccnc1N)C(=O)Nc1ccc(Cl)c(C(F)(F)F)c1. The van der Waals surface area contributed by atoms with Gasteiger partial charge in [-0.25, -0.2) is 14.8 Å². The number of amides is 1. The molecule has 7 nitrogen and oxygen atoms in total. The number of nitrogens with two attached hydrogens (primary N) is 1. The lowest BCUT2D eigenvalue weighted by Crippen LogP contribution is -2.30. The molecule has 1 aromatic heterocycles. The smallest absolute Gasteiger partial charge is 0.417 e. The van der Waals surface area contributed by atoms with Crippen LogP contribution in [0.25, 0.3) is 0 Å². The fourth-order valence-electron chi connectivity index (χ4n) is 1.84. The van der Waals surface area contributed by atoms with Crippen LogP contribution < -0.4 is 11.1 Å². The summed E-state index contributed by atoms with van der Waals surface area (Å²) in [5.41, 5.74) is 3.93. The monoisotopic (exact) mass is 388 g/mol. The van der Waals surface area contributed by atoms with E-state index in [0.29, 0.717) is 6.07 Å². The minimum Gasteiger partial charge on any atom is -0.448 e. The molecule has 0 saturated heterocycles. The molecule has 26 heavy (non-hydrogen) atoms. The molecule has 0 spiro atoms. The molecule has 3 N–H and O–H groups in total. The first-order chi connectivity index (χ1) is 12.1. The third kappa shape index (κ3) is 4.60. The van der Waals surface area contributed by atoms with E-state index in [-0.39, 0.29) is 17.2 Å². The third-order valence-electron chi connectivity index (χ3n) is 3.11. The van der Waals surface area contributed by atoms with Gasteiger partial charge in [0.2, 0.25) is 0 Å². The van der Waals surface area contributed by atoms with Crippen molar-refractivity contribution in [3.8, 4) is 0 Å². The van der Waals surface area contributed by atoms with Gasteiger partial charge in [-0.3, -0.25) is 4.79 Å². The van der Waals surface area contributed by atoms with Crippen molar-refractivity contribution in [3.05, 3.63) is 46.9 Å². The predicted octanol–water partition coefficient (Wildman–Crippen LogP) is 2.92. The number of carbonyl (C=O) groups excluding carboxylic acids is 2. The average molecular weight is 389 g/mol. The largest absolute Gasteiger partial charge is 0.448 e. The minimum atomic E-state index is -4.68. The molecule has 1 heterocycles. The number of nitrogens with zero attached hydrogens (tertiary/aromatic N) is 2. The Bertz CT molecular complexity index is 845. The topological polar surface area (TPSA) is 107 Å². The zero-order chi connectivity index (χ0) is 19.5. The second-order valence-electron chi connectivity index (χ2n) is 5.02. The number of hydrogen-bond acceptors (Lipinski definition) is 6. The molecule has 0 aliphatic carbocycles. The molecule has 0 aliphatic rings. The van der Waals surface area contributed by atoms with Crippen LogP contribution >= 0.6 is 11.6 Å². The summed E-state index contributed by atoms with van der Waals surface area (Å²) in [6.45, 7) is 1.24. The average Bonchev–Trinajstić information content (AvgIpc) is 2.55. The Morgan fingerprint density at radius 2 is 1.92 bits per heavy atom. The number of alkyl halides is 3. The van der Waals surface area contributed by atoms with Crippen molar-refractivity contribution in [2.24, 2.45) is 0 Å². The van der Waals surface area contributed by atoms with Crippen LogP contribution in [-0.2, 0) is 15.7 Å². The number of halogens is 4. The van der Waals surface area contributed by atoms with Crippen molar-refractivity contribution in [1.82, 2.24) is 9.97 Å². The predicted molar refractivity (Wildman–Crippen MR) is 86.4 cm³/mol. The molecule has 11 heteroatoms. The van der Waals surface area contributed by atoms with Gasteiger partial charge in [-0.15, -0.1) is 0 Å². The Labute approximate surface area is 150 Å². The highest BCUT2D eigenvalue weighted by molar-refractivity contribution is 6.31. The number of rotatable bonds is 4. The molecular formula is C15H12ClF3N4O3. The lowest BCUT2D eigenvalue weighted by atomic mass is 10.2. The summed E-state index contributed by atoms with van der Waals surface area (Å²) in [5, 5.41) is 1.70. The number of aromatic nitrogens is 2. The van der Waals surface area contributed by atoms with Gasteiger partial charge in [0.1, 0.15) is 0 Å². The zero-order valence-electron chi connectivity index (χ0n) is 13.2. The Morgan fingerprint density at radius 1 is 1.27 bits per heavy atom. The van der Waals surface area contributed by atoms with Crippen molar-refractivity contribution in [2.75, 3.05) is 11.1 Å². The molecule has 0 saturated carbocycles. The molecular weight excluding hydrogens is 377 g/mol. The van der Waals surface area contributed by atoms with E-state index in [1.54, 1.807) is 0 Å². The van der Waals surface area contributed by atoms with Gasteiger partial charge in [-0.05, 0) is 25.1 Å². The van der Waals surface area contributed by atoms with Crippen LogP contribution in [-0.4, -0.2) is 27.9 Å². The molecule has 0 fully saturated rings. The highest BCUT2D eigenvalue weighted by atomic mass is 35.5. The van der Waals surface area contributed by atoms with E-state index < -0.39 is 34.7 Å². The van der Waals surface area contributed by atoms with Crippen LogP contribution in [0, 0.1) is 0 Å². The van der Waals surface area contributed by atoms with Gasteiger partial charge in [-0.2, -0.15) is 13.2 Å². The first kappa shape index (κ1) is 19.4. The van der Waals surface area contributed by atoms with Crippen molar-refractivity contribution in [1.29, 1.82) is 0 Å². The molecule has 0 aliphatic heterocycles. The number of esters is 1. The second kappa shape index (κ2) is 7.56. The van der Waals surface area contributed by atoms with Gasteiger partial charge < -0.3 is 15.8 Å². The maximum absolute atomic E-state index is 12.8. The lowest BCUT2D eigenvalue weighted by Gasteiger charge is -2.15. The maximum Gasteiger partial charge on any atom is 0.417 e. The third-order valence-corrected chi connectivity index (χ3v) is 3.44. The van der Waals surface area contributed by atoms with Crippen molar-refractivity contribution in [3.63, 3.8) is 0 Å². The minimum absolute atomic E-state index is 0.159. The van der Waals surface area contributed by atoms with Crippen LogP contribution in [0.5, 0.6) is 0 Å². The van der Waals surface area contributed by atoms with E-state index >= 15 is 0 Å². The summed E-state index contributed by atoms with van der Waals surface area (Å²) < 4.78 is 43.4. The van der Waals surface area contributed by atoms with Crippen molar-refractivity contribution < 1.29 is 27.5 Å². The number of hydrogen-bond donors (Lipinski definition) is 2. The Hall–Kier alpha value is -2.88.